The third-order valence-corrected chi connectivity index (χ3v) is 5.75. The smallest absolute Gasteiger partial charge is 0.244 e. The van der Waals surface area contributed by atoms with Gasteiger partial charge in [0.25, 0.3) is 0 Å². The molecule has 0 aliphatic rings. The molecule has 164 valence electrons. The Bertz CT molecular complexity index is 927. The lowest BCUT2D eigenvalue weighted by molar-refractivity contribution is -0.123. The molecule has 0 unspecified atom stereocenters. The van der Waals surface area contributed by atoms with Gasteiger partial charge in [-0.25, -0.2) is 8.42 Å². The van der Waals surface area contributed by atoms with Crippen LogP contribution in [0.5, 0.6) is 11.5 Å². The Labute approximate surface area is 179 Å². The van der Waals surface area contributed by atoms with E-state index < -0.39 is 16.1 Å². The van der Waals surface area contributed by atoms with E-state index in [1.54, 1.807) is 50.4 Å². The number of sulfonamides is 1. The van der Waals surface area contributed by atoms with E-state index in [1.807, 2.05) is 26.0 Å². The number of hydrogen-bond donors (Lipinski definition) is 1. The molecule has 0 radical (unpaired) electrons. The highest BCUT2D eigenvalue weighted by Gasteiger charge is 2.32. The molecule has 2 aromatic carbocycles. The van der Waals surface area contributed by atoms with Crippen molar-refractivity contribution in [2.75, 3.05) is 24.3 Å². The first-order valence-corrected chi connectivity index (χ1v) is 11.6. The van der Waals surface area contributed by atoms with Gasteiger partial charge < -0.3 is 14.8 Å². The van der Waals surface area contributed by atoms with Crippen LogP contribution in [0.15, 0.2) is 48.5 Å². The van der Waals surface area contributed by atoms with Crippen molar-refractivity contribution in [1.29, 1.82) is 0 Å². The van der Waals surface area contributed by atoms with Crippen molar-refractivity contribution in [2.24, 2.45) is 0 Å². The third-order valence-electron chi connectivity index (χ3n) is 4.57. The number of aryl methyl sites for hydroxylation is 1. The second-order valence-corrected chi connectivity index (χ2v) is 9.07. The van der Waals surface area contributed by atoms with Crippen LogP contribution in [0.1, 0.15) is 25.8 Å². The Morgan fingerprint density at radius 2 is 1.63 bits per heavy atom. The number of hydrogen-bond acceptors (Lipinski definition) is 5. The summed E-state index contributed by atoms with van der Waals surface area (Å²) in [7, 11) is -2.06. The maximum Gasteiger partial charge on any atom is 0.244 e. The lowest BCUT2D eigenvalue weighted by atomic mass is 10.1. The molecule has 2 atom stereocenters. The zero-order chi connectivity index (χ0) is 22.3. The first kappa shape index (κ1) is 23.5. The average molecular weight is 435 g/mol. The summed E-state index contributed by atoms with van der Waals surface area (Å²) in [6.45, 7) is 5.76. The number of rotatable bonds is 10. The van der Waals surface area contributed by atoms with Gasteiger partial charge in [0, 0.05) is 0 Å². The number of methoxy groups -OCH3 is 1. The summed E-state index contributed by atoms with van der Waals surface area (Å²) in [5.41, 5.74) is 1.47. The summed E-state index contributed by atoms with van der Waals surface area (Å²) >= 11 is 0. The number of ether oxygens (including phenoxy) is 2. The van der Waals surface area contributed by atoms with Crippen molar-refractivity contribution in [2.45, 2.75) is 39.3 Å². The minimum absolute atomic E-state index is 0.248. The Hall–Kier alpha value is -2.74. The summed E-state index contributed by atoms with van der Waals surface area (Å²) in [4.78, 5) is 12.9. The summed E-state index contributed by atoms with van der Waals surface area (Å²) < 4.78 is 37.0. The van der Waals surface area contributed by atoms with Gasteiger partial charge in [-0.05, 0) is 56.7 Å². The standard InChI is InChI=1S/C22H30N2O5S/c1-6-21(24(30(5,26)27)18-9-7-16(2)8-10-18)22(25)23-17(3)15-29-20-13-11-19(28-4)12-14-20/h7-14,17,21H,6,15H2,1-5H3,(H,23,25)/t17-,21+/m1/s1. The predicted molar refractivity (Wildman–Crippen MR) is 119 cm³/mol. The maximum absolute atomic E-state index is 12.9. The second-order valence-electron chi connectivity index (χ2n) is 7.21. The highest BCUT2D eigenvalue weighted by Crippen LogP contribution is 2.23. The molecule has 1 amide bonds. The maximum atomic E-state index is 12.9. The number of carbonyl (C=O) groups excluding carboxylic acids is 1. The molecule has 0 saturated heterocycles. The van der Waals surface area contributed by atoms with Crippen LogP contribution in [0.3, 0.4) is 0 Å². The van der Waals surface area contributed by atoms with Crippen LogP contribution in [0.2, 0.25) is 0 Å². The van der Waals surface area contributed by atoms with Gasteiger partial charge in [0.2, 0.25) is 15.9 Å². The van der Waals surface area contributed by atoms with Crippen molar-refractivity contribution in [3.8, 4) is 11.5 Å². The zero-order valence-electron chi connectivity index (χ0n) is 18.1. The predicted octanol–water partition coefficient (Wildman–Crippen LogP) is 3.13. The van der Waals surface area contributed by atoms with Crippen LogP contribution in [0, 0.1) is 6.92 Å². The van der Waals surface area contributed by atoms with E-state index in [1.165, 1.54) is 4.31 Å². The van der Waals surface area contributed by atoms with Gasteiger partial charge in [-0.3, -0.25) is 9.10 Å². The first-order chi connectivity index (χ1) is 14.2. The normalized spacial score (nSPS) is 13.2. The van der Waals surface area contributed by atoms with E-state index in [4.69, 9.17) is 9.47 Å². The van der Waals surface area contributed by atoms with Crippen molar-refractivity contribution in [3.05, 3.63) is 54.1 Å². The quantitative estimate of drug-likeness (QED) is 0.621. The molecule has 8 heteroatoms. The van der Waals surface area contributed by atoms with Crippen molar-refractivity contribution in [3.63, 3.8) is 0 Å². The summed E-state index contributed by atoms with van der Waals surface area (Å²) in [6.07, 6.45) is 1.44. The number of anilines is 1. The Morgan fingerprint density at radius 3 is 2.13 bits per heavy atom. The molecule has 0 aliphatic carbocycles. The molecular weight excluding hydrogens is 404 g/mol. The molecule has 0 heterocycles. The lowest BCUT2D eigenvalue weighted by Crippen LogP contribution is -2.52. The van der Waals surface area contributed by atoms with Gasteiger partial charge in [-0.2, -0.15) is 0 Å². The minimum atomic E-state index is -3.66. The van der Waals surface area contributed by atoms with E-state index in [0.717, 1.165) is 17.6 Å². The molecule has 30 heavy (non-hydrogen) atoms. The SMILES string of the molecule is CC[C@@H](C(=O)N[C@H](C)COc1ccc(OC)cc1)N(c1ccc(C)cc1)S(C)(=O)=O. The van der Waals surface area contributed by atoms with E-state index in [2.05, 4.69) is 5.32 Å². The summed E-state index contributed by atoms with van der Waals surface area (Å²) in [5.74, 6) is 1.02. The number of nitrogens with zero attached hydrogens (tertiary/aromatic N) is 1. The van der Waals surface area contributed by atoms with Crippen molar-refractivity contribution < 1.29 is 22.7 Å². The van der Waals surface area contributed by atoms with Gasteiger partial charge in [-0.15, -0.1) is 0 Å². The fourth-order valence-electron chi connectivity index (χ4n) is 3.03. The average Bonchev–Trinajstić information content (AvgIpc) is 2.70. The van der Waals surface area contributed by atoms with Crippen molar-refractivity contribution in [1.82, 2.24) is 5.32 Å². The minimum Gasteiger partial charge on any atom is -0.497 e. The Kier molecular flexibility index (Phi) is 8.11. The molecule has 2 rings (SSSR count). The van der Waals surface area contributed by atoms with Crippen LogP contribution in [-0.2, 0) is 14.8 Å². The number of carbonyl (C=O) groups is 1. The molecular formula is C22H30N2O5S. The molecule has 0 fully saturated rings. The van der Waals surface area contributed by atoms with Gasteiger partial charge in [0.1, 0.15) is 24.1 Å². The van der Waals surface area contributed by atoms with Crippen LogP contribution in [0.25, 0.3) is 0 Å². The molecule has 1 N–H and O–H groups in total. The van der Waals surface area contributed by atoms with Crippen LogP contribution >= 0.6 is 0 Å². The fourth-order valence-corrected chi connectivity index (χ4v) is 4.24. The fraction of sp³-hybridized carbons (Fsp3) is 0.409. The number of nitrogens with one attached hydrogen (secondary N) is 1. The van der Waals surface area contributed by atoms with Crippen molar-refractivity contribution >= 4 is 21.6 Å². The van der Waals surface area contributed by atoms with Gasteiger partial charge in [-0.1, -0.05) is 24.6 Å². The summed E-state index contributed by atoms with van der Waals surface area (Å²) in [5, 5.41) is 2.86. The van der Waals surface area contributed by atoms with E-state index in [9.17, 15) is 13.2 Å². The zero-order valence-corrected chi connectivity index (χ0v) is 18.9. The monoisotopic (exact) mass is 434 g/mol. The second kappa shape index (κ2) is 10.3. The molecule has 0 spiro atoms. The Balaban J connectivity index is 2.07. The molecule has 0 bridgehead atoms. The molecule has 7 nitrogen and oxygen atoms in total. The topological polar surface area (TPSA) is 84.9 Å². The highest BCUT2D eigenvalue weighted by molar-refractivity contribution is 7.92. The van der Waals surface area contributed by atoms with E-state index in [0.29, 0.717) is 17.9 Å². The highest BCUT2D eigenvalue weighted by atomic mass is 32.2. The van der Waals surface area contributed by atoms with Crippen LogP contribution in [0.4, 0.5) is 5.69 Å². The van der Waals surface area contributed by atoms with Crippen LogP contribution < -0.4 is 19.1 Å². The van der Waals surface area contributed by atoms with E-state index in [-0.39, 0.29) is 18.6 Å². The molecule has 2 aromatic rings. The summed E-state index contributed by atoms with van der Waals surface area (Å²) in [6, 6.07) is 13.0. The first-order valence-electron chi connectivity index (χ1n) is 9.79. The van der Waals surface area contributed by atoms with Gasteiger partial charge in [0.15, 0.2) is 0 Å². The Morgan fingerprint density at radius 1 is 1.07 bits per heavy atom. The molecule has 0 aliphatic heterocycles. The molecule has 0 saturated carbocycles. The number of amides is 1. The number of benzene rings is 2. The van der Waals surface area contributed by atoms with E-state index >= 15 is 0 Å². The molecule has 0 aromatic heterocycles. The van der Waals surface area contributed by atoms with Gasteiger partial charge in [0.05, 0.1) is 25.1 Å². The van der Waals surface area contributed by atoms with Crippen LogP contribution in [-0.4, -0.2) is 46.4 Å². The lowest BCUT2D eigenvalue weighted by Gasteiger charge is -2.31. The third kappa shape index (κ3) is 6.38. The van der Waals surface area contributed by atoms with Gasteiger partial charge >= 0.3 is 0 Å². The largest absolute Gasteiger partial charge is 0.497 e.